The van der Waals surface area contributed by atoms with E-state index < -0.39 is 27.0 Å². The SMILES string of the molecule is COc1cccc(C(=O)N2CCN(C(=O)[C@H](NC(=O)c3ccco3)S(=O)(=O)c3ccccc3)CC2)c1. The van der Waals surface area contributed by atoms with Crippen LogP contribution in [0.3, 0.4) is 0 Å². The zero-order valence-corrected chi connectivity index (χ0v) is 20.3. The average molecular weight is 512 g/mol. The molecule has 4 rings (SSSR count). The lowest BCUT2D eigenvalue weighted by atomic mass is 10.1. The summed E-state index contributed by atoms with van der Waals surface area (Å²) in [7, 11) is -2.76. The standard InChI is InChI=1S/C25H25N3O7S/c1-34-19-8-5-7-18(17-19)24(30)27-12-14-28(15-13-27)25(31)23(26-22(29)21-11-6-16-35-21)36(32,33)20-9-3-2-4-10-20/h2-11,16-17,23H,12-15H2,1H3,(H,26,29)/t23-/m1/s1. The Balaban J connectivity index is 1.51. The quantitative estimate of drug-likeness (QED) is 0.513. The second kappa shape index (κ2) is 10.6. The number of hydrogen-bond acceptors (Lipinski definition) is 7. The van der Waals surface area contributed by atoms with Crippen molar-refractivity contribution < 1.29 is 32.0 Å². The molecule has 1 aliphatic rings. The second-order valence-corrected chi connectivity index (χ2v) is 10.1. The van der Waals surface area contributed by atoms with Crippen molar-refractivity contribution in [3.8, 4) is 5.75 Å². The predicted octanol–water partition coefficient (Wildman–Crippen LogP) is 1.80. The molecule has 1 aliphatic heterocycles. The summed E-state index contributed by atoms with van der Waals surface area (Å²) in [6.45, 7) is 0.607. The first-order valence-electron chi connectivity index (χ1n) is 11.2. The molecule has 188 valence electrons. The molecule has 11 heteroatoms. The number of furan rings is 1. The van der Waals surface area contributed by atoms with Crippen LogP contribution in [0.4, 0.5) is 0 Å². The number of piperazine rings is 1. The number of methoxy groups -OCH3 is 1. The number of rotatable bonds is 7. The monoisotopic (exact) mass is 511 g/mol. The highest BCUT2D eigenvalue weighted by molar-refractivity contribution is 7.92. The smallest absolute Gasteiger partial charge is 0.288 e. The number of nitrogens with one attached hydrogen (secondary N) is 1. The van der Waals surface area contributed by atoms with Crippen LogP contribution in [-0.4, -0.2) is 74.6 Å². The molecule has 3 amide bonds. The van der Waals surface area contributed by atoms with Crippen LogP contribution < -0.4 is 10.1 Å². The van der Waals surface area contributed by atoms with E-state index in [-0.39, 0.29) is 42.7 Å². The van der Waals surface area contributed by atoms with Crippen molar-refractivity contribution in [2.75, 3.05) is 33.3 Å². The van der Waals surface area contributed by atoms with Crippen LogP contribution in [-0.2, 0) is 14.6 Å². The summed E-state index contributed by atoms with van der Waals surface area (Å²) in [4.78, 5) is 41.8. The molecule has 1 fully saturated rings. The van der Waals surface area contributed by atoms with Gasteiger partial charge in [-0.1, -0.05) is 24.3 Å². The molecule has 0 spiro atoms. The number of sulfone groups is 1. The van der Waals surface area contributed by atoms with Gasteiger partial charge in [-0.25, -0.2) is 8.42 Å². The van der Waals surface area contributed by atoms with Crippen LogP contribution in [0.25, 0.3) is 0 Å². The third kappa shape index (κ3) is 5.25. The number of carbonyl (C=O) groups excluding carboxylic acids is 3. The van der Waals surface area contributed by atoms with Crippen LogP contribution in [0.15, 0.2) is 82.3 Å². The molecular formula is C25H25N3O7S. The normalized spacial score (nSPS) is 14.7. The van der Waals surface area contributed by atoms with E-state index in [4.69, 9.17) is 9.15 Å². The maximum Gasteiger partial charge on any atom is 0.288 e. The maximum absolute atomic E-state index is 13.4. The Hall–Kier alpha value is -4.12. The Kier molecular flexibility index (Phi) is 7.39. The first-order valence-corrected chi connectivity index (χ1v) is 12.7. The molecule has 3 aromatic rings. The molecule has 1 atom stereocenters. The fraction of sp³-hybridized carbons (Fsp3) is 0.240. The van der Waals surface area contributed by atoms with Gasteiger partial charge in [0.2, 0.25) is 15.2 Å². The van der Waals surface area contributed by atoms with Crippen molar-refractivity contribution in [3.05, 3.63) is 84.3 Å². The van der Waals surface area contributed by atoms with Crippen LogP contribution in [0.5, 0.6) is 5.75 Å². The van der Waals surface area contributed by atoms with Crippen molar-refractivity contribution in [3.63, 3.8) is 0 Å². The van der Waals surface area contributed by atoms with E-state index in [2.05, 4.69) is 5.32 Å². The third-order valence-corrected chi connectivity index (χ3v) is 7.68. The Morgan fingerprint density at radius 1 is 0.917 bits per heavy atom. The summed E-state index contributed by atoms with van der Waals surface area (Å²) < 4.78 is 37.0. The van der Waals surface area contributed by atoms with Crippen LogP contribution in [0.1, 0.15) is 20.9 Å². The van der Waals surface area contributed by atoms with Crippen LogP contribution in [0, 0.1) is 0 Å². The number of benzene rings is 2. The lowest BCUT2D eigenvalue weighted by Gasteiger charge is -2.36. The molecule has 0 unspecified atom stereocenters. The highest BCUT2D eigenvalue weighted by atomic mass is 32.2. The van der Waals surface area contributed by atoms with Gasteiger partial charge in [0, 0.05) is 31.7 Å². The molecule has 2 heterocycles. The van der Waals surface area contributed by atoms with Gasteiger partial charge in [-0.15, -0.1) is 0 Å². The third-order valence-electron chi connectivity index (χ3n) is 5.81. The number of carbonyl (C=O) groups is 3. The average Bonchev–Trinajstić information content (AvgIpc) is 3.47. The van der Waals surface area contributed by atoms with Gasteiger partial charge in [0.15, 0.2) is 5.76 Å². The number of nitrogens with zero attached hydrogens (tertiary/aromatic N) is 2. The topological polar surface area (TPSA) is 126 Å². The highest BCUT2D eigenvalue weighted by Crippen LogP contribution is 2.19. The van der Waals surface area contributed by atoms with E-state index in [0.29, 0.717) is 11.3 Å². The zero-order valence-electron chi connectivity index (χ0n) is 19.5. The molecular weight excluding hydrogens is 486 g/mol. The molecule has 0 bridgehead atoms. The van der Waals surface area contributed by atoms with Gasteiger partial charge < -0.3 is 24.3 Å². The molecule has 1 N–H and O–H groups in total. The van der Waals surface area contributed by atoms with Gasteiger partial charge >= 0.3 is 0 Å². The summed E-state index contributed by atoms with van der Waals surface area (Å²) in [5.74, 6) is -1.40. The fourth-order valence-electron chi connectivity index (χ4n) is 3.85. The predicted molar refractivity (Wildman–Crippen MR) is 129 cm³/mol. The minimum absolute atomic E-state index is 0.102. The Labute approximate surface area is 208 Å². The summed E-state index contributed by atoms with van der Waals surface area (Å²) in [6, 6.07) is 17.0. The van der Waals surface area contributed by atoms with Crippen LogP contribution >= 0.6 is 0 Å². The van der Waals surface area contributed by atoms with E-state index in [9.17, 15) is 22.8 Å². The first-order chi connectivity index (χ1) is 17.3. The van der Waals surface area contributed by atoms with Crippen molar-refractivity contribution in [1.82, 2.24) is 15.1 Å². The lowest BCUT2D eigenvalue weighted by molar-refractivity contribution is -0.132. The highest BCUT2D eigenvalue weighted by Gasteiger charge is 2.40. The summed E-state index contributed by atoms with van der Waals surface area (Å²) in [6.07, 6.45) is 1.27. The molecule has 36 heavy (non-hydrogen) atoms. The fourth-order valence-corrected chi connectivity index (χ4v) is 5.34. The van der Waals surface area contributed by atoms with E-state index in [0.717, 1.165) is 0 Å². The number of hydrogen-bond donors (Lipinski definition) is 1. The molecule has 0 saturated carbocycles. The van der Waals surface area contributed by atoms with Gasteiger partial charge in [0.25, 0.3) is 17.7 Å². The van der Waals surface area contributed by atoms with E-state index >= 15 is 0 Å². The number of amides is 3. The van der Waals surface area contributed by atoms with Crippen molar-refractivity contribution >= 4 is 27.6 Å². The largest absolute Gasteiger partial charge is 0.497 e. The zero-order chi connectivity index (χ0) is 25.7. The molecule has 1 aromatic heterocycles. The molecule has 0 radical (unpaired) electrons. The van der Waals surface area contributed by atoms with Gasteiger partial charge in [-0.2, -0.15) is 0 Å². The van der Waals surface area contributed by atoms with Gasteiger partial charge in [-0.3, -0.25) is 14.4 Å². The van der Waals surface area contributed by atoms with Crippen molar-refractivity contribution in [1.29, 1.82) is 0 Å². The first kappa shape index (κ1) is 25.0. The van der Waals surface area contributed by atoms with E-state index in [1.807, 2.05) is 0 Å². The second-order valence-electron chi connectivity index (χ2n) is 8.04. The molecule has 2 aromatic carbocycles. The van der Waals surface area contributed by atoms with Crippen molar-refractivity contribution in [2.45, 2.75) is 10.3 Å². The summed E-state index contributed by atoms with van der Waals surface area (Å²) in [5.41, 5.74) is 0.448. The summed E-state index contributed by atoms with van der Waals surface area (Å²) in [5, 5.41) is 0.459. The lowest BCUT2D eigenvalue weighted by Crippen LogP contribution is -2.57. The Bertz CT molecular complexity index is 1330. The van der Waals surface area contributed by atoms with E-state index in [1.54, 1.807) is 35.2 Å². The van der Waals surface area contributed by atoms with E-state index in [1.165, 1.54) is 54.7 Å². The van der Waals surface area contributed by atoms with Crippen molar-refractivity contribution in [2.24, 2.45) is 0 Å². The molecule has 1 saturated heterocycles. The Morgan fingerprint density at radius 3 is 2.25 bits per heavy atom. The summed E-state index contributed by atoms with van der Waals surface area (Å²) >= 11 is 0. The number of ether oxygens (including phenoxy) is 1. The molecule has 10 nitrogen and oxygen atoms in total. The van der Waals surface area contributed by atoms with Crippen LogP contribution in [0.2, 0.25) is 0 Å². The maximum atomic E-state index is 13.4. The van der Waals surface area contributed by atoms with Gasteiger partial charge in [0.1, 0.15) is 5.75 Å². The van der Waals surface area contributed by atoms with Gasteiger partial charge in [0.05, 0.1) is 18.3 Å². The minimum atomic E-state index is -4.28. The Morgan fingerprint density at radius 2 is 1.61 bits per heavy atom. The van der Waals surface area contributed by atoms with Gasteiger partial charge in [-0.05, 0) is 42.5 Å². The molecule has 0 aliphatic carbocycles. The minimum Gasteiger partial charge on any atom is -0.497 e.